The van der Waals surface area contributed by atoms with Gasteiger partial charge in [0.2, 0.25) is 0 Å². The van der Waals surface area contributed by atoms with E-state index in [1.165, 1.54) is 0 Å². The molecule has 1 atom stereocenters. The minimum atomic E-state index is -1.19. The molecule has 5 nitrogen and oxygen atoms in total. The Morgan fingerprint density at radius 1 is 1.21 bits per heavy atom. The number of carbonyl (C=O) groups is 1. The molecule has 0 aliphatic rings. The van der Waals surface area contributed by atoms with Gasteiger partial charge in [-0.25, -0.2) is 0 Å². The smallest absolute Gasteiger partial charge is 0.257 e. The summed E-state index contributed by atoms with van der Waals surface area (Å²) in [5.74, 6) is -0.449. The zero-order valence-corrected chi connectivity index (χ0v) is 13.5. The summed E-state index contributed by atoms with van der Waals surface area (Å²) in [6.07, 6.45) is 0.802. The van der Waals surface area contributed by atoms with E-state index in [0.717, 1.165) is 17.4 Å². The highest BCUT2D eigenvalue weighted by molar-refractivity contribution is 5.96. The number of aromatic nitrogens is 1. The van der Waals surface area contributed by atoms with E-state index in [1.54, 1.807) is 31.4 Å². The number of hydrogen-bond acceptors (Lipinski definition) is 3. The quantitative estimate of drug-likeness (QED) is 0.733. The number of aliphatic hydroxyl groups excluding tert-OH is 1. The Labute approximate surface area is 140 Å². The molecule has 0 radical (unpaired) electrons. The van der Waals surface area contributed by atoms with Crippen molar-refractivity contribution in [1.82, 2.24) is 4.57 Å². The van der Waals surface area contributed by atoms with Crippen LogP contribution >= 0.6 is 0 Å². The van der Waals surface area contributed by atoms with Gasteiger partial charge >= 0.3 is 0 Å². The van der Waals surface area contributed by atoms with Gasteiger partial charge in [0.15, 0.2) is 6.10 Å². The first-order chi connectivity index (χ1) is 11.7. The predicted molar refractivity (Wildman–Crippen MR) is 93.8 cm³/mol. The molecular formula is C19H20N2O3. The molecule has 0 spiro atoms. The Morgan fingerprint density at radius 2 is 2.00 bits per heavy atom. The monoisotopic (exact) mass is 324 g/mol. The molecule has 2 aromatic carbocycles. The maximum atomic E-state index is 12.3. The second-order valence-corrected chi connectivity index (χ2v) is 5.58. The van der Waals surface area contributed by atoms with Gasteiger partial charge in [-0.05, 0) is 29.1 Å². The Balaban J connectivity index is 1.78. The number of carbonyl (C=O) groups excluding carboxylic acids is 1. The van der Waals surface area contributed by atoms with Gasteiger partial charge in [0.05, 0.1) is 12.1 Å². The minimum absolute atomic E-state index is 0.449. The number of anilines is 1. The average Bonchev–Trinajstić information content (AvgIpc) is 3.02. The van der Waals surface area contributed by atoms with Crippen molar-refractivity contribution in [3.63, 3.8) is 0 Å². The maximum Gasteiger partial charge on any atom is 0.257 e. The molecule has 1 heterocycles. The summed E-state index contributed by atoms with van der Waals surface area (Å²) in [7, 11) is 1.67. The van der Waals surface area contributed by atoms with Crippen molar-refractivity contribution in [1.29, 1.82) is 0 Å². The lowest BCUT2D eigenvalue weighted by Gasteiger charge is -2.12. The highest BCUT2D eigenvalue weighted by Gasteiger charge is 2.17. The fourth-order valence-electron chi connectivity index (χ4n) is 2.64. The number of nitrogens with zero attached hydrogens (tertiary/aromatic N) is 1. The topological polar surface area (TPSA) is 63.5 Å². The van der Waals surface area contributed by atoms with Gasteiger partial charge < -0.3 is 19.7 Å². The van der Waals surface area contributed by atoms with Crippen LogP contribution in [-0.2, 0) is 16.1 Å². The Kier molecular flexibility index (Phi) is 4.93. The molecule has 3 rings (SSSR count). The second kappa shape index (κ2) is 7.29. The molecule has 0 bridgehead atoms. The molecule has 2 N–H and O–H groups in total. The van der Waals surface area contributed by atoms with Crippen LogP contribution in [0.1, 0.15) is 11.7 Å². The largest absolute Gasteiger partial charge is 0.383 e. The van der Waals surface area contributed by atoms with Crippen molar-refractivity contribution in [2.24, 2.45) is 0 Å². The first-order valence-electron chi connectivity index (χ1n) is 7.81. The number of benzene rings is 2. The van der Waals surface area contributed by atoms with E-state index >= 15 is 0 Å². The van der Waals surface area contributed by atoms with E-state index in [0.29, 0.717) is 17.9 Å². The molecule has 124 valence electrons. The molecule has 3 aromatic rings. The van der Waals surface area contributed by atoms with Crippen molar-refractivity contribution in [2.45, 2.75) is 12.6 Å². The van der Waals surface area contributed by atoms with E-state index in [9.17, 15) is 9.90 Å². The van der Waals surface area contributed by atoms with Crippen LogP contribution in [0.5, 0.6) is 0 Å². The summed E-state index contributed by atoms with van der Waals surface area (Å²) in [6, 6.07) is 16.6. The zero-order chi connectivity index (χ0) is 16.9. The molecule has 5 heteroatoms. The molecule has 1 amide bonds. The number of nitrogens with one attached hydrogen (secondary N) is 1. The summed E-state index contributed by atoms with van der Waals surface area (Å²) < 4.78 is 7.19. The van der Waals surface area contributed by atoms with Crippen molar-refractivity contribution in [3.8, 4) is 0 Å². The van der Waals surface area contributed by atoms with Crippen LogP contribution in [0, 0.1) is 0 Å². The molecule has 24 heavy (non-hydrogen) atoms. The van der Waals surface area contributed by atoms with Gasteiger partial charge in [0, 0.05) is 25.5 Å². The van der Waals surface area contributed by atoms with Crippen molar-refractivity contribution < 1.29 is 14.6 Å². The molecule has 0 fully saturated rings. The summed E-state index contributed by atoms with van der Waals surface area (Å²) in [5, 5.41) is 14.0. The van der Waals surface area contributed by atoms with Crippen LogP contribution in [0.25, 0.3) is 10.9 Å². The molecule has 1 unspecified atom stereocenters. The van der Waals surface area contributed by atoms with Crippen molar-refractivity contribution in [3.05, 3.63) is 66.4 Å². The number of fused-ring (bicyclic) bond motifs is 1. The van der Waals surface area contributed by atoms with Gasteiger partial charge in [0.25, 0.3) is 5.91 Å². The number of amides is 1. The Hall–Kier alpha value is -2.63. The summed E-state index contributed by atoms with van der Waals surface area (Å²) in [4.78, 5) is 12.3. The first kappa shape index (κ1) is 16.2. The second-order valence-electron chi connectivity index (χ2n) is 5.58. The fourth-order valence-corrected chi connectivity index (χ4v) is 2.64. The van der Waals surface area contributed by atoms with Crippen LogP contribution in [0.15, 0.2) is 60.8 Å². The van der Waals surface area contributed by atoms with Gasteiger partial charge in [-0.1, -0.05) is 36.4 Å². The third kappa shape index (κ3) is 3.48. The van der Waals surface area contributed by atoms with Crippen LogP contribution in [0.3, 0.4) is 0 Å². The van der Waals surface area contributed by atoms with E-state index in [1.807, 2.05) is 36.5 Å². The van der Waals surface area contributed by atoms with Crippen LogP contribution in [0.4, 0.5) is 5.69 Å². The van der Waals surface area contributed by atoms with Gasteiger partial charge in [-0.3, -0.25) is 4.79 Å². The lowest BCUT2D eigenvalue weighted by atomic mass is 10.1. The summed E-state index contributed by atoms with van der Waals surface area (Å²) >= 11 is 0. The Bertz CT molecular complexity index is 827. The number of aliphatic hydroxyl groups is 1. The lowest BCUT2D eigenvalue weighted by Crippen LogP contribution is -2.20. The minimum Gasteiger partial charge on any atom is -0.383 e. The first-order valence-corrected chi connectivity index (χ1v) is 7.81. The van der Waals surface area contributed by atoms with Crippen LogP contribution < -0.4 is 5.32 Å². The maximum absolute atomic E-state index is 12.3. The van der Waals surface area contributed by atoms with Gasteiger partial charge in [-0.15, -0.1) is 0 Å². The SMILES string of the molecule is COCCn1ccc2ccc(NC(=O)C(O)c3ccccc3)cc21. The van der Waals surface area contributed by atoms with Crippen LogP contribution in [0.2, 0.25) is 0 Å². The number of ether oxygens (including phenoxy) is 1. The number of hydrogen-bond donors (Lipinski definition) is 2. The Morgan fingerprint density at radius 3 is 2.75 bits per heavy atom. The van der Waals surface area contributed by atoms with E-state index in [2.05, 4.69) is 9.88 Å². The van der Waals surface area contributed by atoms with Crippen molar-refractivity contribution >= 4 is 22.5 Å². The predicted octanol–water partition coefficient (Wildman–Crippen LogP) is 2.96. The molecule has 0 aliphatic heterocycles. The summed E-state index contributed by atoms with van der Waals surface area (Å²) in [5.41, 5.74) is 2.23. The molecule has 0 saturated carbocycles. The molecular weight excluding hydrogens is 304 g/mol. The highest BCUT2D eigenvalue weighted by Crippen LogP contribution is 2.22. The molecule has 0 saturated heterocycles. The van der Waals surface area contributed by atoms with Crippen molar-refractivity contribution in [2.75, 3.05) is 19.0 Å². The lowest BCUT2D eigenvalue weighted by molar-refractivity contribution is -0.124. The molecule has 1 aromatic heterocycles. The third-order valence-corrected chi connectivity index (χ3v) is 3.94. The third-order valence-electron chi connectivity index (χ3n) is 3.94. The van der Waals surface area contributed by atoms with E-state index < -0.39 is 12.0 Å². The number of rotatable bonds is 6. The fraction of sp³-hybridized carbons (Fsp3) is 0.211. The highest BCUT2D eigenvalue weighted by atomic mass is 16.5. The normalized spacial score (nSPS) is 12.2. The average molecular weight is 324 g/mol. The molecule has 0 aliphatic carbocycles. The zero-order valence-electron chi connectivity index (χ0n) is 13.5. The van der Waals surface area contributed by atoms with Crippen LogP contribution in [-0.4, -0.2) is 29.3 Å². The van der Waals surface area contributed by atoms with E-state index in [4.69, 9.17) is 4.74 Å². The number of methoxy groups -OCH3 is 1. The standard InChI is InChI=1S/C19H20N2O3/c1-24-12-11-21-10-9-14-7-8-16(13-17(14)21)20-19(23)18(22)15-5-3-2-4-6-15/h2-10,13,18,22H,11-12H2,1H3,(H,20,23). The van der Waals surface area contributed by atoms with Gasteiger partial charge in [0.1, 0.15) is 0 Å². The summed E-state index contributed by atoms with van der Waals surface area (Å²) in [6.45, 7) is 1.36. The van der Waals surface area contributed by atoms with E-state index in [-0.39, 0.29) is 0 Å². The van der Waals surface area contributed by atoms with Gasteiger partial charge in [-0.2, -0.15) is 0 Å².